The monoisotopic (exact) mass is 279 g/mol. The van der Waals surface area contributed by atoms with E-state index in [2.05, 4.69) is 0 Å². The number of hydrogen-bond donors (Lipinski definition) is 0. The molecule has 0 bridgehead atoms. The third-order valence-electron chi connectivity index (χ3n) is 2.76. The topological polar surface area (TPSA) is 55.8 Å². The number of rotatable bonds is 7. The van der Waals surface area contributed by atoms with E-state index >= 15 is 0 Å². The van der Waals surface area contributed by atoms with Crippen LogP contribution in [0.5, 0.6) is 5.75 Å². The summed E-state index contributed by atoms with van der Waals surface area (Å²) in [6.07, 6.45) is 0.226. The number of benzene rings is 1. The summed E-state index contributed by atoms with van der Waals surface area (Å²) < 4.78 is 10.3. The minimum absolute atomic E-state index is 0.0307. The molecule has 0 saturated carbocycles. The number of hydrogen-bond acceptors (Lipinski definition) is 4. The van der Waals surface area contributed by atoms with E-state index in [-0.39, 0.29) is 25.5 Å². The van der Waals surface area contributed by atoms with Gasteiger partial charge < -0.3 is 14.4 Å². The van der Waals surface area contributed by atoms with E-state index in [4.69, 9.17) is 9.47 Å². The number of aryl methyl sites for hydroxylation is 1. The average molecular weight is 279 g/mol. The van der Waals surface area contributed by atoms with Gasteiger partial charge in [-0.2, -0.15) is 0 Å². The Kier molecular flexibility index (Phi) is 6.56. The van der Waals surface area contributed by atoms with E-state index in [1.807, 2.05) is 31.2 Å². The molecule has 0 radical (unpaired) electrons. The maximum absolute atomic E-state index is 11.8. The standard InChI is InChI=1S/C15H21NO4/c1-4-19-15(18)11-16(3)14(17)9-10-20-13-8-6-5-7-12(13)2/h5-8H,4,9-11H2,1-3H3. The molecule has 0 aromatic heterocycles. The number of esters is 1. The van der Waals surface area contributed by atoms with Crippen LogP contribution in [0.2, 0.25) is 0 Å². The lowest BCUT2D eigenvalue weighted by atomic mass is 10.2. The Morgan fingerprint density at radius 1 is 1.25 bits per heavy atom. The predicted molar refractivity (Wildman–Crippen MR) is 75.6 cm³/mol. The normalized spacial score (nSPS) is 9.95. The zero-order chi connectivity index (χ0) is 15.0. The van der Waals surface area contributed by atoms with Gasteiger partial charge in [0.25, 0.3) is 0 Å². The van der Waals surface area contributed by atoms with Crippen LogP contribution in [0, 0.1) is 6.92 Å². The highest BCUT2D eigenvalue weighted by molar-refractivity contribution is 5.81. The van der Waals surface area contributed by atoms with Crippen molar-refractivity contribution in [3.63, 3.8) is 0 Å². The fourth-order valence-corrected chi connectivity index (χ4v) is 1.65. The Hall–Kier alpha value is -2.04. The van der Waals surface area contributed by atoms with Gasteiger partial charge in [0, 0.05) is 7.05 Å². The summed E-state index contributed by atoms with van der Waals surface area (Å²) in [5.41, 5.74) is 1.03. The number of amides is 1. The number of nitrogens with zero attached hydrogens (tertiary/aromatic N) is 1. The lowest BCUT2D eigenvalue weighted by molar-refractivity contribution is -0.148. The number of carbonyl (C=O) groups excluding carboxylic acids is 2. The molecule has 0 unspecified atom stereocenters. The Bertz CT molecular complexity index is 459. The highest BCUT2D eigenvalue weighted by atomic mass is 16.5. The zero-order valence-electron chi connectivity index (χ0n) is 12.2. The van der Waals surface area contributed by atoms with Crippen molar-refractivity contribution in [1.82, 2.24) is 4.90 Å². The highest BCUT2D eigenvalue weighted by Gasteiger charge is 2.13. The Balaban J connectivity index is 2.32. The molecule has 20 heavy (non-hydrogen) atoms. The number of carbonyl (C=O) groups is 2. The minimum atomic E-state index is -0.400. The Morgan fingerprint density at radius 2 is 1.95 bits per heavy atom. The molecule has 0 heterocycles. The van der Waals surface area contributed by atoms with Crippen molar-refractivity contribution in [3.05, 3.63) is 29.8 Å². The zero-order valence-corrected chi connectivity index (χ0v) is 12.2. The molecule has 1 aromatic carbocycles. The molecule has 0 spiro atoms. The fourth-order valence-electron chi connectivity index (χ4n) is 1.65. The summed E-state index contributed by atoms with van der Waals surface area (Å²) in [6, 6.07) is 7.63. The molecule has 0 aliphatic heterocycles. The molecule has 1 aromatic rings. The van der Waals surface area contributed by atoms with Crippen LogP contribution in [-0.2, 0) is 14.3 Å². The number of likely N-dealkylation sites (N-methyl/N-ethyl adjacent to an activating group) is 1. The summed E-state index contributed by atoms with van der Waals surface area (Å²) in [7, 11) is 1.58. The summed E-state index contributed by atoms with van der Waals surface area (Å²) in [5, 5.41) is 0. The van der Waals surface area contributed by atoms with Crippen LogP contribution in [0.4, 0.5) is 0 Å². The van der Waals surface area contributed by atoms with Crippen LogP contribution in [0.15, 0.2) is 24.3 Å². The van der Waals surface area contributed by atoms with E-state index in [1.54, 1.807) is 14.0 Å². The second kappa shape index (κ2) is 8.19. The molecule has 5 nitrogen and oxygen atoms in total. The fraction of sp³-hybridized carbons (Fsp3) is 0.467. The SMILES string of the molecule is CCOC(=O)CN(C)C(=O)CCOc1ccccc1C. The van der Waals surface area contributed by atoms with Crippen LogP contribution in [0.3, 0.4) is 0 Å². The first-order valence-corrected chi connectivity index (χ1v) is 6.62. The van der Waals surface area contributed by atoms with E-state index in [0.717, 1.165) is 11.3 Å². The van der Waals surface area contributed by atoms with Gasteiger partial charge in [-0.05, 0) is 25.5 Å². The molecule has 1 amide bonds. The summed E-state index contributed by atoms with van der Waals surface area (Å²) in [5.74, 6) is 0.225. The largest absolute Gasteiger partial charge is 0.493 e. The molecule has 5 heteroatoms. The van der Waals surface area contributed by atoms with Crippen LogP contribution >= 0.6 is 0 Å². The quantitative estimate of drug-likeness (QED) is 0.714. The van der Waals surface area contributed by atoms with Crippen molar-refractivity contribution in [3.8, 4) is 5.75 Å². The van der Waals surface area contributed by atoms with Gasteiger partial charge in [0.05, 0.1) is 19.6 Å². The van der Waals surface area contributed by atoms with Gasteiger partial charge >= 0.3 is 5.97 Å². The van der Waals surface area contributed by atoms with E-state index in [0.29, 0.717) is 6.61 Å². The van der Waals surface area contributed by atoms with Crippen molar-refractivity contribution in [1.29, 1.82) is 0 Å². The first-order valence-electron chi connectivity index (χ1n) is 6.62. The molecule has 1 rings (SSSR count). The van der Waals surface area contributed by atoms with Gasteiger partial charge in [-0.1, -0.05) is 18.2 Å². The predicted octanol–water partition coefficient (Wildman–Crippen LogP) is 1.79. The van der Waals surface area contributed by atoms with E-state index < -0.39 is 5.97 Å². The highest BCUT2D eigenvalue weighted by Crippen LogP contribution is 2.16. The lowest BCUT2D eigenvalue weighted by Crippen LogP contribution is -2.33. The molecular weight excluding hydrogens is 258 g/mol. The second-order valence-corrected chi connectivity index (χ2v) is 4.42. The van der Waals surface area contributed by atoms with Crippen molar-refractivity contribution >= 4 is 11.9 Å². The Labute approximate surface area is 119 Å². The lowest BCUT2D eigenvalue weighted by Gasteiger charge is -2.16. The Morgan fingerprint density at radius 3 is 2.60 bits per heavy atom. The maximum atomic E-state index is 11.8. The molecule has 0 fully saturated rings. The van der Waals surface area contributed by atoms with Gasteiger partial charge in [-0.25, -0.2) is 0 Å². The molecule has 110 valence electrons. The molecule has 0 atom stereocenters. The first kappa shape index (κ1) is 16.0. The number of ether oxygens (including phenoxy) is 2. The first-order chi connectivity index (χ1) is 9.54. The van der Waals surface area contributed by atoms with E-state index in [9.17, 15) is 9.59 Å². The molecular formula is C15H21NO4. The number of para-hydroxylation sites is 1. The van der Waals surface area contributed by atoms with Crippen LogP contribution in [0.25, 0.3) is 0 Å². The molecule has 0 saturated heterocycles. The second-order valence-electron chi connectivity index (χ2n) is 4.42. The minimum Gasteiger partial charge on any atom is -0.493 e. The summed E-state index contributed by atoms with van der Waals surface area (Å²) in [6.45, 7) is 4.25. The van der Waals surface area contributed by atoms with Crippen molar-refractivity contribution < 1.29 is 19.1 Å². The van der Waals surface area contributed by atoms with Crippen molar-refractivity contribution in [2.75, 3.05) is 26.8 Å². The summed E-state index contributed by atoms with van der Waals surface area (Å²) in [4.78, 5) is 24.4. The van der Waals surface area contributed by atoms with Gasteiger partial charge in [0.15, 0.2) is 0 Å². The van der Waals surface area contributed by atoms with Crippen LogP contribution < -0.4 is 4.74 Å². The molecule has 0 aliphatic rings. The summed E-state index contributed by atoms with van der Waals surface area (Å²) >= 11 is 0. The third kappa shape index (κ3) is 5.30. The van der Waals surface area contributed by atoms with E-state index in [1.165, 1.54) is 4.90 Å². The van der Waals surface area contributed by atoms with Crippen molar-refractivity contribution in [2.45, 2.75) is 20.3 Å². The van der Waals surface area contributed by atoms with Crippen molar-refractivity contribution in [2.24, 2.45) is 0 Å². The van der Waals surface area contributed by atoms with Crippen LogP contribution in [-0.4, -0.2) is 43.6 Å². The smallest absolute Gasteiger partial charge is 0.325 e. The van der Waals surface area contributed by atoms with Gasteiger partial charge in [-0.15, -0.1) is 0 Å². The average Bonchev–Trinajstić information content (AvgIpc) is 2.41. The van der Waals surface area contributed by atoms with Gasteiger partial charge in [0.2, 0.25) is 5.91 Å². The molecule has 0 aliphatic carbocycles. The molecule has 0 N–H and O–H groups in total. The van der Waals surface area contributed by atoms with Gasteiger partial charge in [0.1, 0.15) is 12.3 Å². The third-order valence-corrected chi connectivity index (χ3v) is 2.76. The maximum Gasteiger partial charge on any atom is 0.325 e. The van der Waals surface area contributed by atoms with Gasteiger partial charge in [-0.3, -0.25) is 9.59 Å². The van der Waals surface area contributed by atoms with Crippen LogP contribution in [0.1, 0.15) is 18.9 Å².